The topological polar surface area (TPSA) is 81.4 Å². The molecular formula is C21H16Cl2N2O3. The van der Waals surface area contributed by atoms with E-state index in [9.17, 15) is 9.59 Å². The van der Waals surface area contributed by atoms with Gasteiger partial charge in [0.2, 0.25) is 0 Å². The van der Waals surface area contributed by atoms with Crippen LogP contribution >= 0.6 is 23.2 Å². The second kappa shape index (κ2) is 8.78. The molecule has 3 rings (SSSR count). The van der Waals surface area contributed by atoms with Gasteiger partial charge in [0, 0.05) is 10.6 Å². The van der Waals surface area contributed by atoms with Crippen molar-refractivity contribution in [3.05, 3.63) is 93.5 Å². The van der Waals surface area contributed by atoms with Gasteiger partial charge < -0.3 is 15.8 Å². The van der Waals surface area contributed by atoms with Gasteiger partial charge in [0.25, 0.3) is 11.8 Å². The van der Waals surface area contributed by atoms with Gasteiger partial charge in [-0.15, -0.1) is 0 Å². The number of hydrogen-bond acceptors (Lipinski definition) is 3. The maximum absolute atomic E-state index is 12.4. The third-order valence-corrected chi connectivity index (χ3v) is 4.48. The molecule has 3 aromatic rings. The van der Waals surface area contributed by atoms with Gasteiger partial charge in [-0.1, -0.05) is 47.5 Å². The molecule has 0 bridgehead atoms. The fourth-order valence-electron chi connectivity index (χ4n) is 2.51. The molecule has 0 aliphatic heterocycles. The highest BCUT2D eigenvalue weighted by Crippen LogP contribution is 2.28. The summed E-state index contributed by atoms with van der Waals surface area (Å²) < 4.78 is 5.67. The van der Waals surface area contributed by atoms with Crippen LogP contribution in [0.15, 0.2) is 66.7 Å². The lowest BCUT2D eigenvalue weighted by atomic mass is 10.1. The van der Waals surface area contributed by atoms with Crippen LogP contribution in [-0.4, -0.2) is 11.8 Å². The van der Waals surface area contributed by atoms with Crippen molar-refractivity contribution < 1.29 is 14.3 Å². The third-order valence-electron chi connectivity index (χ3n) is 3.95. The number of halogens is 2. The highest BCUT2D eigenvalue weighted by atomic mass is 35.5. The molecule has 5 nitrogen and oxygen atoms in total. The molecule has 0 aliphatic rings. The Hall–Kier alpha value is -3.02. The molecule has 3 N–H and O–H groups in total. The molecule has 7 heteroatoms. The van der Waals surface area contributed by atoms with Gasteiger partial charge in [0.15, 0.2) is 0 Å². The fourth-order valence-corrected chi connectivity index (χ4v) is 2.97. The zero-order valence-electron chi connectivity index (χ0n) is 14.6. The summed E-state index contributed by atoms with van der Waals surface area (Å²) in [6.45, 7) is 0.285. The van der Waals surface area contributed by atoms with E-state index in [0.29, 0.717) is 27.0 Å². The summed E-state index contributed by atoms with van der Waals surface area (Å²) >= 11 is 11.9. The molecule has 0 radical (unpaired) electrons. The van der Waals surface area contributed by atoms with Crippen LogP contribution in [-0.2, 0) is 6.61 Å². The van der Waals surface area contributed by atoms with E-state index >= 15 is 0 Å². The zero-order chi connectivity index (χ0) is 20.1. The van der Waals surface area contributed by atoms with Crippen molar-refractivity contribution in [2.24, 2.45) is 5.73 Å². The molecule has 3 aromatic carbocycles. The lowest BCUT2D eigenvalue weighted by molar-refractivity contribution is 0.100. The number of rotatable bonds is 6. The molecule has 0 unspecified atom stereocenters. The van der Waals surface area contributed by atoms with Gasteiger partial charge in [-0.05, 0) is 48.0 Å². The molecule has 2 amide bonds. The maximum atomic E-state index is 12.4. The van der Waals surface area contributed by atoms with Crippen molar-refractivity contribution in [1.29, 1.82) is 0 Å². The SMILES string of the molecule is NC(=O)c1ccccc1NC(=O)c1ccc(COc2ccc(Cl)cc2Cl)cc1. The minimum atomic E-state index is -0.607. The molecule has 0 spiro atoms. The van der Waals surface area contributed by atoms with Gasteiger partial charge in [-0.3, -0.25) is 9.59 Å². The van der Waals surface area contributed by atoms with Gasteiger partial charge in [-0.25, -0.2) is 0 Å². The number of benzene rings is 3. The average Bonchev–Trinajstić information content (AvgIpc) is 2.68. The predicted molar refractivity (Wildman–Crippen MR) is 110 cm³/mol. The van der Waals surface area contributed by atoms with E-state index < -0.39 is 5.91 Å². The van der Waals surface area contributed by atoms with E-state index in [1.165, 1.54) is 0 Å². The van der Waals surface area contributed by atoms with E-state index in [-0.39, 0.29) is 18.1 Å². The van der Waals surface area contributed by atoms with Crippen molar-refractivity contribution in [2.75, 3.05) is 5.32 Å². The molecule has 0 fully saturated rings. The first-order valence-corrected chi connectivity index (χ1v) is 9.06. The van der Waals surface area contributed by atoms with Gasteiger partial charge in [0.05, 0.1) is 16.3 Å². The van der Waals surface area contributed by atoms with Crippen LogP contribution in [0.4, 0.5) is 5.69 Å². The maximum Gasteiger partial charge on any atom is 0.255 e. The number of anilines is 1. The van der Waals surface area contributed by atoms with Crippen LogP contribution < -0.4 is 15.8 Å². The Balaban J connectivity index is 1.65. The first-order valence-electron chi connectivity index (χ1n) is 8.31. The van der Waals surface area contributed by atoms with Gasteiger partial charge in [0.1, 0.15) is 12.4 Å². The van der Waals surface area contributed by atoms with E-state index in [1.807, 2.05) is 0 Å². The summed E-state index contributed by atoms with van der Waals surface area (Å²) in [5.74, 6) is -0.429. The summed E-state index contributed by atoms with van der Waals surface area (Å²) in [7, 11) is 0. The molecule has 28 heavy (non-hydrogen) atoms. The highest BCUT2D eigenvalue weighted by Gasteiger charge is 2.12. The number of carbonyl (C=O) groups is 2. The molecule has 0 heterocycles. The number of primary amides is 1. The zero-order valence-corrected chi connectivity index (χ0v) is 16.1. The predicted octanol–water partition coefficient (Wildman–Crippen LogP) is 4.92. The summed E-state index contributed by atoms with van der Waals surface area (Å²) in [5.41, 5.74) is 7.24. The first kappa shape index (κ1) is 19.7. The summed E-state index contributed by atoms with van der Waals surface area (Å²) in [5, 5.41) is 3.66. The second-order valence-electron chi connectivity index (χ2n) is 5.92. The summed E-state index contributed by atoms with van der Waals surface area (Å²) in [4.78, 5) is 23.9. The number of amides is 2. The lowest BCUT2D eigenvalue weighted by Crippen LogP contribution is -2.18. The highest BCUT2D eigenvalue weighted by molar-refractivity contribution is 6.35. The number of nitrogens with one attached hydrogen (secondary N) is 1. The standard InChI is InChI=1S/C21H16Cl2N2O3/c22-15-9-10-19(17(23)11-15)28-12-13-5-7-14(8-6-13)21(27)25-18-4-2-1-3-16(18)20(24)26/h1-11H,12H2,(H2,24,26)(H,25,27). The molecule has 0 atom stereocenters. The number of hydrogen-bond donors (Lipinski definition) is 2. The Morgan fingerprint density at radius 2 is 1.68 bits per heavy atom. The molecule has 0 aromatic heterocycles. The molecular weight excluding hydrogens is 399 g/mol. The van der Waals surface area contributed by atoms with Crippen molar-refractivity contribution in [3.8, 4) is 5.75 Å². The minimum Gasteiger partial charge on any atom is -0.487 e. The van der Waals surface area contributed by atoms with Crippen LogP contribution in [0, 0.1) is 0 Å². The smallest absolute Gasteiger partial charge is 0.255 e. The molecule has 0 saturated carbocycles. The molecule has 0 saturated heterocycles. The van der Waals surface area contributed by atoms with Crippen LogP contribution in [0.3, 0.4) is 0 Å². The number of carbonyl (C=O) groups excluding carboxylic acids is 2. The van der Waals surface area contributed by atoms with E-state index in [0.717, 1.165) is 5.56 Å². The fraction of sp³-hybridized carbons (Fsp3) is 0.0476. The Labute approximate surface area is 172 Å². The van der Waals surface area contributed by atoms with Crippen LogP contribution in [0.25, 0.3) is 0 Å². The van der Waals surface area contributed by atoms with E-state index in [1.54, 1.807) is 66.7 Å². The van der Waals surface area contributed by atoms with Crippen molar-refractivity contribution in [2.45, 2.75) is 6.61 Å². The molecule has 142 valence electrons. The Kier molecular flexibility index (Phi) is 6.19. The lowest BCUT2D eigenvalue weighted by Gasteiger charge is -2.10. The van der Waals surface area contributed by atoms with Crippen molar-refractivity contribution in [3.63, 3.8) is 0 Å². The monoisotopic (exact) mass is 414 g/mol. The average molecular weight is 415 g/mol. The third kappa shape index (κ3) is 4.82. The summed E-state index contributed by atoms with van der Waals surface area (Å²) in [6.07, 6.45) is 0. The molecule has 0 aliphatic carbocycles. The van der Waals surface area contributed by atoms with Crippen molar-refractivity contribution in [1.82, 2.24) is 0 Å². The largest absolute Gasteiger partial charge is 0.487 e. The Morgan fingerprint density at radius 1 is 0.964 bits per heavy atom. The van der Waals surface area contributed by atoms with Gasteiger partial charge in [-0.2, -0.15) is 0 Å². The van der Waals surface area contributed by atoms with Crippen LogP contribution in [0.1, 0.15) is 26.3 Å². The minimum absolute atomic E-state index is 0.251. The van der Waals surface area contributed by atoms with E-state index in [2.05, 4.69) is 5.32 Å². The second-order valence-corrected chi connectivity index (χ2v) is 6.77. The van der Waals surface area contributed by atoms with Crippen LogP contribution in [0.2, 0.25) is 10.0 Å². The van der Waals surface area contributed by atoms with E-state index in [4.69, 9.17) is 33.7 Å². The number of para-hydroxylation sites is 1. The van der Waals surface area contributed by atoms with Crippen LogP contribution in [0.5, 0.6) is 5.75 Å². The summed E-state index contributed by atoms with van der Waals surface area (Å²) in [6, 6.07) is 18.5. The first-order chi connectivity index (χ1) is 13.4. The number of ether oxygens (including phenoxy) is 1. The normalized spacial score (nSPS) is 10.4. The number of nitrogens with two attached hydrogens (primary N) is 1. The Bertz CT molecular complexity index is 1020. The quantitative estimate of drug-likeness (QED) is 0.600. The van der Waals surface area contributed by atoms with Gasteiger partial charge >= 0.3 is 0 Å². The Morgan fingerprint density at radius 3 is 2.36 bits per heavy atom. The van der Waals surface area contributed by atoms with Crippen molar-refractivity contribution >= 4 is 40.7 Å².